The first-order valence-electron chi connectivity index (χ1n) is 6.77. The summed E-state index contributed by atoms with van der Waals surface area (Å²) in [5, 5.41) is 6.06. The van der Waals surface area contributed by atoms with Gasteiger partial charge in [0.2, 0.25) is 0 Å². The molecule has 2 N–H and O–H groups in total. The molecule has 0 aliphatic rings. The minimum absolute atomic E-state index is 0.208. The highest BCUT2D eigenvalue weighted by atomic mass is 32.2. The summed E-state index contributed by atoms with van der Waals surface area (Å²) in [6, 6.07) is 13.4. The van der Waals surface area contributed by atoms with Crippen LogP contribution in [0.5, 0.6) is 0 Å². The van der Waals surface area contributed by atoms with E-state index in [0.29, 0.717) is 11.5 Å². The zero-order valence-electron chi connectivity index (χ0n) is 12.4. The molecule has 0 fully saturated rings. The lowest BCUT2D eigenvalue weighted by Gasteiger charge is -2.10. The molecular formula is C16H19N3OS. The smallest absolute Gasteiger partial charge is 0.274 e. The molecule has 1 aromatic carbocycles. The van der Waals surface area contributed by atoms with E-state index in [1.807, 2.05) is 56.5 Å². The maximum Gasteiger partial charge on any atom is 0.274 e. The lowest BCUT2D eigenvalue weighted by molar-refractivity contribution is 0.102. The van der Waals surface area contributed by atoms with Crippen molar-refractivity contribution in [3.05, 3.63) is 48.2 Å². The molecule has 0 bridgehead atoms. The molecule has 1 amide bonds. The van der Waals surface area contributed by atoms with Crippen LogP contribution in [0.3, 0.4) is 0 Å². The van der Waals surface area contributed by atoms with Crippen molar-refractivity contribution in [1.82, 2.24) is 4.98 Å². The predicted molar refractivity (Wildman–Crippen MR) is 89.2 cm³/mol. The summed E-state index contributed by atoms with van der Waals surface area (Å²) >= 11 is 1.64. The Morgan fingerprint density at radius 1 is 1.19 bits per heavy atom. The van der Waals surface area contributed by atoms with Gasteiger partial charge in [0, 0.05) is 16.6 Å². The maximum atomic E-state index is 12.2. The number of nitrogens with zero attached hydrogens (tertiary/aromatic N) is 1. The van der Waals surface area contributed by atoms with E-state index in [2.05, 4.69) is 15.6 Å². The second-order valence-electron chi connectivity index (χ2n) is 4.89. The van der Waals surface area contributed by atoms with Crippen molar-refractivity contribution in [3.8, 4) is 0 Å². The van der Waals surface area contributed by atoms with E-state index in [0.717, 1.165) is 10.6 Å². The molecule has 21 heavy (non-hydrogen) atoms. The van der Waals surface area contributed by atoms with Gasteiger partial charge >= 0.3 is 0 Å². The first-order chi connectivity index (χ1) is 10.1. The Hall–Kier alpha value is -2.01. The normalized spacial score (nSPS) is 10.5. The third-order valence-corrected chi connectivity index (χ3v) is 3.47. The average molecular weight is 301 g/mol. The van der Waals surface area contributed by atoms with Crippen molar-refractivity contribution in [2.75, 3.05) is 16.9 Å². The first-order valence-corrected chi connectivity index (χ1v) is 8.00. The number of hydrogen-bond donors (Lipinski definition) is 2. The zero-order valence-corrected chi connectivity index (χ0v) is 13.2. The molecule has 0 unspecified atom stereocenters. The maximum absolute atomic E-state index is 12.2. The van der Waals surface area contributed by atoms with Gasteiger partial charge in [0.15, 0.2) is 0 Å². The van der Waals surface area contributed by atoms with Crippen molar-refractivity contribution in [3.63, 3.8) is 0 Å². The lowest BCUT2D eigenvalue weighted by Crippen LogP contribution is -2.16. The third kappa shape index (κ3) is 4.49. The van der Waals surface area contributed by atoms with E-state index in [4.69, 9.17) is 0 Å². The number of thioether (sulfide) groups is 1. The minimum Gasteiger partial charge on any atom is -0.368 e. The van der Waals surface area contributed by atoms with E-state index >= 15 is 0 Å². The Morgan fingerprint density at radius 2 is 1.95 bits per heavy atom. The van der Waals surface area contributed by atoms with Gasteiger partial charge in [-0.15, -0.1) is 11.8 Å². The van der Waals surface area contributed by atoms with E-state index in [1.54, 1.807) is 17.8 Å². The van der Waals surface area contributed by atoms with Gasteiger partial charge in [0.1, 0.15) is 11.5 Å². The summed E-state index contributed by atoms with van der Waals surface area (Å²) in [6.45, 7) is 4.06. The molecule has 0 aliphatic carbocycles. The van der Waals surface area contributed by atoms with Crippen LogP contribution in [0, 0.1) is 0 Å². The Bertz CT molecular complexity index is 628. The molecule has 0 aliphatic heterocycles. The number of nitrogens with one attached hydrogen (secondary N) is 2. The monoisotopic (exact) mass is 301 g/mol. The summed E-state index contributed by atoms with van der Waals surface area (Å²) in [4.78, 5) is 17.7. The second-order valence-corrected chi connectivity index (χ2v) is 5.77. The number of anilines is 2. The number of amides is 1. The van der Waals surface area contributed by atoms with Crippen molar-refractivity contribution >= 4 is 29.2 Å². The van der Waals surface area contributed by atoms with E-state index in [9.17, 15) is 4.79 Å². The van der Waals surface area contributed by atoms with Crippen LogP contribution in [-0.2, 0) is 0 Å². The highest BCUT2D eigenvalue weighted by molar-refractivity contribution is 7.98. The fraction of sp³-hybridized carbons (Fsp3) is 0.250. The second kappa shape index (κ2) is 7.13. The van der Waals surface area contributed by atoms with Crippen LogP contribution in [-0.4, -0.2) is 23.2 Å². The molecule has 4 nitrogen and oxygen atoms in total. The quantitative estimate of drug-likeness (QED) is 0.823. The molecular weight excluding hydrogens is 282 g/mol. The van der Waals surface area contributed by atoms with Gasteiger partial charge in [-0.25, -0.2) is 4.98 Å². The highest BCUT2D eigenvalue weighted by Crippen LogP contribution is 2.19. The molecule has 0 atom stereocenters. The number of rotatable bonds is 5. The molecule has 1 aromatic heterocycles. The fourth-order valence-electron chi connectivity index (χ4n) is 1.83. The highest BCUT2D eigenvalue weighted by Gasteiger charge is 2.09. The van der Waals surface area contributed by atoms with Crippen LogP contribution in [0.25, 0.3) is 0 Å². The molecule has 2 rings (SSSR count). The van der Waals surface area contributed by atoms with Crippen LogP contribution in [0.4, 0.5) is 11.5 Å². The van der Waals surface area contributed by atoms with Crippen LogP contribution in [0.15, 0.2) is 47.4 Å². The summed E-state index contributed by atoms with van der Waals surface area (Å²) in [6.07, 6.45) is 2.00. The Labute approximate surface area is 129 Å². The standard InChI is InChI=1S/C16H19N3OS/c1-11(2)17-15-9-5-8-14(19-15)16(20)18-12-6-4-7-13(10-12)21-3/h4-11H,1-3H3,(H,17,19)(H,18,20). The molecule has 0 spiro atoms. The van der Waals surface area contributed by atoms with Gasteiger partial charge < -0.3 is 10.6 Å². The first kappa shape index (κ1) is 15.4. The molecule has 0 saturated heterocycles. The molecule has 0 radical (unpaired) electrons. The average Bonchev–Trinajstić information content (AvgIpc) is 2.47. The number of hydrogen-bond acceptors (Lipinski definition) is 4. The van der Waals surface area contributed by atoms with Crippen molar-refractivity contribution in [1.29, 1.82) is 0 Å². The molecule has 5 heteroatoms. The Kier molecular flexibility index (Phi) is 5.22. The van der Waals surface area contributed by atoms with Gasteiger partial charge in [-0.3, -0.25) is 4.79 Å². The zero-order chi connectivity index (χ0) is 15.2. The Morgan fingerprint density at radius 3 is 2.67 bits per heavy atom. The van der Waals surface area contributed by atoms with E-state index in [1.165, 1.54) is 0 Å². The molecule has 110 valence electrons. The Balaban J connectivity index is 2.12. The summed E-state index contributed by atoms with van der Waals surface area (Å²) in [5.41, 5.74) is 1.17. The molecule has 1 heterocycles. The van der Waals surface area contributed by atoms with Crippen LogP contribution in [0.1, 0.15) is 24.3 Å². The van der Waals surface area contributed by atoms with Gasteiger partial charge in [-0.2, -0.15) is 0 Å². The number of benzene rings is 1. The largest absolute Gasteiger partial charge is 0.368 e. The van der Waals surface area contributed by atoms with Crippen LogP contribution < -0.4 is 10.6 Å². The fourth-order valence-corrected chi connectivity index (χ4v) is 2.29. The van der Waals surface area contributed by atoms with Crippen molar-refractivity contribution < 1.29 is 4.79 Å². The molecule has 0 saturated carbocycles. The number of carbonyl (C=O) groups is 1. The summed E-state index contributed by atoms with van der Waals surface area (Å²) < 4.78 is 0. The van der Waals surface area contributed by atoms with Gasteiger partial charge in [-0.05, 0) is 50.4 Å². The van der Waals surface area contributed by atoms with Crippen LogP contribution in [0.2, 0.25) is 0 Å². The topological polar surface area (TPSA) is 54.0 Å². The van der Waals surface area contributed by atoms with Gasteiger partial charge in [0.05, 0.1) is 0 Å². The van der Waals surface area contributed by atoms with Crippen LogP contribution >= 0.6 is 11.8 Å². The minimum atomic E-state index is -0.208. The van der Waals surface area contributed by atoms with Crippen molar-refractivity contribution in [2.24, 2.45) is 0 Å². The summed E-state index contributed by atoms with van der Waals surface area (Å²) in [7, 11) is 0. The summed E-state index contributed by atoms with van der Waals surface area (Å²) in [5.74, 6) is 0.496. The number of carbonyl (C=O) groups excluding carboxylic acids is 1. The van der Waals surface area contributed by atoms with E-state index < -0.39 is 0 Å². The van der Waals surface area contributed by atoms with Gasteiger partial charge in [-0.1, -0.05) is 12.1 Å². The number of aromatic nitrogens is 1. The third-order valence-electron chi connectivity index (χ3n) is 2.75. The van der Waals surface area contributed by atoms with Gasteiger partial charge in [0.25, 0.3) is 5.91 Å². The van der Waals surface area contributed by atoms with E-state index in [-0.39, 0.29) is 11.9 Å². The van der Waals surface area contributed by atoms with Crippen molar-refractivity contribution in [2.45, 2.75) is 24.8 Å². The SMILES string of the molecule is CSc1cccc(NC(=O)c2cccc(NC(C)C)n2)c1. The molecule has 2 aromatic rings. The lowest BCUT2D eigenvalue weighted by atomic mass is 10.3. The predicted octanol–water partition coefficient (Wildman–Crippen LogP) is 3.88. The number of pyridine rings is 1.